The number of hydrogen-bond acceptors (Lipinski definition) is 5. The van der Waals surface area contributed by atoms with Crippen LogP contribution in [0.3, 0.4) is 0 Å². The normalized spacial score (nSPS) is 20.2. The summed E-state index contributed by atoms with van der Waals surface area (Å²) < 4.78 is 1.52. The van der Waals surface area contributed by atoms with E-state index < -0.39 is 0 Å². The minimum atomic E-state index is -0.377. The van der Waals surface area contributed by atoms with E-state index in [4.69, 9.17) is 0 Å². The molecule has 0 amide bonds. The zero-order chi connectivity index (χ0) is 14.7. The van der Waals surface area contributed by atoms with Crippen LogP contribution in [0.4, 0.5) is 11.6 Å². The lowest BCUT2D eigenvalue weighted by molar-refractivity contribution is -0.389. The lowest BCUT2D eigenvalue weighted by Gasteiger charge is -2.04. The zero-order valence-corrected chi connectivity index (χ0v) is 12.8. The van der Waals surface area contributed by atoms with Gasteiger partial charge in [-0.15, -0.1) is 0 Å². The second-order valence-corrected chi connectivity index (χ2v) is 7.35. The fraction of sp³-hybridized carbons (Fsp3) is 0.615. The lowest BCUT2D eigenvalue weighted by atomic mass is 10.0. The molecule has 1 fully saturated rings. The number of thiazole rings is 1. The Balaban J connectivity index is 1.84. The molecule has 2 aromatic rings. The first-order valence-corrected chi connectivity index (χ1v) is 7.48. The largest absolute Gasteiger partial charge is 0.372 e. The van der Waals surface area contributed by atoms with Crippen molar-refractivity contribution < 1.29 is 4.92 Å². The van der Waals surface area contributed by atoms with E-state index >= 15 is 0 Å². The molecule has 20 heavy (non-hydrogen) atoms. The third-order valence-corrected chi connectivity index (χ3v) is 5.96. The number of imidazole rings is 1. The number of anilines is 1. The monoisotopic (exact) mass is 294 g/mol. The third kappa shape index (κ3) is 1.65. The van der Waals surface area contributed by atoms with Crippen LogP contribution >= 0.6 is 11.3 Å². The maximum atomic E-state index is 11.2. The Morgan fingerprint density at radius 3 is 2.65 bits per heavy atom. The van der Waals surface area contributed by atoms with Crippen LogP contribution in [0.15, 0.2) is 11.6 Å². The molecule has 1 N–H and O–H groups in total. The highest BCUT2D eigenvalue weighted by Crippen LogP contribution is 2.68. The molecule has 1 saturated carbocycles. The number of nitrogens with zero attached hydrogens (tertiary/aromatic N) is 3. The molecule has 1 aliphatic rings. The highest BCUT2D eigenvalue weighted by atomic mass is 32.1. The summed E-state index contributed by atoms with van der Waals surface area (Å²) in [5.41, 5.74) is 0.512. The molecule has 0 aliphatic heterocycles. The molecule has 2 heterocycles. The van der Waals surface area contributed by atoms with Crippen LogP contribution in [0.5, 0.6) is 0 Å². The Morgan fingerprint density at radius 1 is 1.45 bits per heavy atom. The Kier molecular flexibility index (Phi) is 2.63. The van der Waals surface area contributed by atoms with Crippen molar-refractivity contribution in [1.29, 1.82) is 0 Å². The summed E-state index contributed by atoms with van der Waals surface area (Å²) in [7, 11) is 0. The standard InChI is InChI=1S/C13H18N4O2S/c1-12(2)8(13(12,3)4)7-14-9-10(17(18)19)16-5-6-20-11(16)15-9/h5-6,8,14H,7H2,1-4H3. The summed E-state index contributed by atoms with van der Waals surface area (Å²) in [6, 6.07) is 0. The summed E-state index contributed by atoms with van der Waals surface area (Å²) in [5, 5.41) is 16.2. The predicted molar refractivity (Wildman–Crippen MR) is 79.3 cm³/mol. The van der Waals surface area contributed by atoms with Gasteiger partial charge in [0, 0.05) is 11.9 Å². The minimum Gasteiger partial charge on any atom is -0.363 e. The number of rotatable bonds is 4. The van der Waals surface area contributed by atoms with Crippen molar-refractivity contribution in [3.63, 3.8) is 0 Å². The molecule has 0 bridgehead atoms. The summed E-state index contributed by atoms with van der Waals surface area (Å²) in [4.78, 5) is 15.8. The van der Waals surface area contributed by atoms with Gasteiger partial charge in [0.1, 0.15) is 6.20 Å². The third-order valence-electron chi connectivity index (χ3n) is 5.20. The van der Waals surface area contributed by atoms with Crippen molar-refractivity contribution in [3.8, 4) is 0 Å². The first kappa shape index (κ1) is 13.4. The summed E-state index contributed by atoms with van der Waals surface area (Å²) >= 11 is 1.40. The average Bonchev–Trinajstić information content (AvgIpc) is 2.74. The maximum absolute atomic E-state index is 11.2. The smallest absolute Gasteiger partial charge is 0.363 e. The van der Waals surface area contributed by atoms with Crippen molar-refractivity contribution in [2.75, 3.05) is 11.9 Å². The van der Waals surface area contributed by atoms with Gasteiger partial charge in [0.2, 0.25) is 5.82 Å². The van der Waals surface area contributed by atoms with Gasteiger partial charge in [-0.05, 0) is 21.7 Å². The molecule has 6 nitrogen and oxygen atoms in total. The van der Waals surface area contributed by atoms with Gasteiger partial charge in [-0.2, -0.15) is 9.38 Å². The second-order valence-electron chi connectivity index (χ2n) is 6.47. The molecule has 0 spiro atoms. The van der Waals surface area contributed by atoms with E-state index in [0.29, 0.717) is 23.2 Å². The fourth-order valence-electron chi connectivity index (χ4n) is 3.11. The van der Waals surface area contributed by atoms with Crippen LogP contribution in [0.2, 0.25) is 0 Å². The molecular formula is C13H18N4O2S. The molecular weight excluding hydrogens is 276 g/mol. The van der Waals surface area contributed by atoms with Crippen LogP contribution in [0.1, 0.15) is 27.7 Å². The van der Waals surface area contributed by atoms with E-state index in [1.165, 1.54) is 15.7 Å². The maximum Gasteiger partial charge on any atom is 0.372 e. The van der Waals surface area contributed by atoms with E-state index in [9.17, 15) is 10.1 Å². The van der Waals surface area contributed by atoms with Gasteiger partial charge in [-0.25, -0.2) is 0 Å². The van der Waals surface area contributed by atoms with Crippen molar-refractivity contribution in [3.05, 3.63) is 21.7 Å². The average molecular weight is 294 g/mol. The van der Waals surface area contributed by atoms with Gasteiger partial charge in [-0.1, -0.05) is 39.0 Å². The van der Waals surface area contributed by atoms with E-state index in [0.717, 1.165) is 0 Å². The number of nitro groups is 1. The molecule has 7 heteroatoms. The van der Waals surface area contributed by atoms with E-state index in [1.807, 2.05) is 0 Å². The SMILES string of the molecule is CC1(C)C(CNc2nc3sccn3c2[N+](=O)[O-])C1(C)C. The van der Waals surface area contributed by atoms with Gasteiger partial charge in [-0.3, -0.25) is 0 Å². The highest BCUT2D eigenvalue weighted by Gasteiger charge is 2.64. The molecule has 3 rings (SSSR count). The van der Waals surface area contributed by atoms with Crippen molar-refractivity contribution >= 4 is 27.9 Å². The van der Waals surface area contributed by atoms with Crippen LogP contribution in [0.25, 0.3) is 4.96 Å². The van der Waals surface area contributed by atoms with Crippen LogP contribution in [0, 0.1) is 26.9 Å². The number of fused-ring (bicyclic) bond motifs is 1. The number of aromatic nitrogens is 2. The zero-order valence-electron chi connectivity index (χ0n) is 12.0. The van der Waals surface area contributed by atoms with E-state index in [-0.39, 0.29) is 21.6 Å². The quantitative estimate of drug-likeness (QED) is 0.693. The summed E-state index contributed by atoms with van der Waals surface area (Å²) in [6.07, 6.45) is 1.68. The first-order chi connectivity index (χ1) is 9.26. The van der Waals surface area contributed by atoms with Crippen molar-refractivity contribution in [1.82, 2.24) is 9.38 Å². The van der Waals surface area contributed by atoms with Gasteiger partial charge < -0.3 is 15.4 Å². The Labute approximate surface area is 121 Å². The van der Waals surface area contributed by atoms with E-state index in [1.54, 1.807) is 11.6 Å². The van der Waals surface area contributed by atoms with E-state index in [2.05, 4.69) is 38.0 Å². The summed E-state index contributed by atoms with van der Waals surface area (Å²) in [6.45, 7) is 9.66. The molecule has 0 radical (unpaired) electrons. The minimum absolute atomic E-state index is 0.0255. The molecule has 2 aromatic heterocycles. The molecule has 0 aromatic carbocycles. The van der Waals surface area contributed by atoms with Gasteiger partial charge in [0.05, 0.1) is 0 Å². The van der Waals surface area contributed by atoms with Crippen molar-refractivity contribution in [2.24, 2.45) is 16.7 Å². The summed E-state index contributed by atoms with van der Waals surface area (Å²) in [5.74, 6) is 0.896. The van der Waals surface area contributed by atoms with Crippen LogP contribution in [-0.2, 0) is 0 Å². The van der Waals surface area contributed by atoms with Crippen molar-refractivity contribution in [2.45, 2.75) is 27.7 Å². The topological polar surface area (TPSA) is 72.5 Å². The Bertz CT molecular complexity index is 672. The molecule has 1 aliphatic carbocycles. The van der Waals surface area contributed by atoms with Gasteiger partial charge >= 0.3 is 5.82 Å². The molecule has 0 saturated heterocycles. The highest BCUT2D eigenvalue weighted by molar-refractivity contribution is 7.15. The number of hydrogen-bond donors (Lipinski definition) is 1. The molecule has 108 valence electrons. The molecule has 0 atom stereocenters. The van der Waals surface area contributed by atoms with Crippen LogP contribution < -0.4 is 5.32 Å². The second kappa shape index (κ2) is 3.94. The Morgan fingerprint density at radius 2 is 2.10 bits per heavy atom. The first-order valence-electron chi connectivity index (χ1n) is 6.60. The predicted octanol–water partition coefficient (Wildman–Crippen LogP) is 3.40. The number of nitrogens with one attached hydrogen (secondary N) is 1. The Hall–Kier alpha value is -1.63. The van der Waals surface area contributed by atoms with Crippen LogP contribution in [-0.4, -0.2) is 20.9 Å². The fourth-order valence-corrected chi connectivity index (χ4v) is 3.82. The molecule has 0 unspecified atom stereocenters. The van der Waals surface area contributed by atoms with Gasteiger partial charge in [0.15, 0.2) is 0 Å². The lowest BCUT2D eigenvalue weighted by Crippen LogP contribution is -2.10. The van der Waals surface area contributed by atoms with Gasteiger partial charge in [0.25, 0.3) is 4.96 Å².